The van der Waals surface area contributed by atoms with Gasteiger partial charge in [-0.3, -0.25) is 18.7 Å². The molecule has 0 atom stereocenters. The Balaban J connectivity index is 0.000000182. The number of fused-ring (bicyclic) bond motifs is 2. The predicted molar refractivity (Wildman–Crippen MR) is 115 cm³/mol. The first-order valence-electron chi connectivity index (χ1n) is 9.37. The summed E-state index contributed by atoms with van der Waals surface area (Å²) in [6.07, 6.45) is 0. The number of nitro benzene ring substituents is 1. The van der Waals surface area contributed by atoms with Gasteiger partial charge in [0.05, 0.1) is 33.5 Å². The third-order valence-electron chi connectivity index (χ3n) is 5.00. The number of nitrogens with zero attached hydrogens (tertiary/aromatic N) is 3. The second kappa shape index (κ2) is 8.16. The van der Waals surface area contributed by atoms with Crippen LogP contribution in [0.3, 0.4) is 0 Å². The molecule has 0 fully saturated rings. The first kappa shape index (κ1) is 23.7. The zero-order chi connectivity index (χ0) is 24.0. The number of sulfonamides is 2. The second-order valence-corrected chi connectivity index (χ2v) is 10.8. The van der Waals surface area contributed by atoms with E-state index in [1.54, 1.807) is 13.8 Å². The van der Waals surface area contributed by atoms with Gasteiger partial charge in [0.1, 0.15) is 5.82 Å². The number of halogens is 2. The van der Waals surface area contributed by atoms with Gasteiger partial charge in [0.25, 0.3) is 0 Å². The van der Waals surface area contributed by atoms with Crippen molar-refractivity contribution in [2.24, 2.45) is 0 Å². The van der Waals surface area contributed by atoms with E-state index in [9.17, 15) is 35.7 Å². The van der Waals surface area contributed by atoms with Gasteiger partial charge in [0.2, 0.25) is 25.9 Å². The summed E-state index contributed by atoms with van der Waals surface area (Å²) in [6.45, 7) is 3.80. The number of nitrogen functional groups attached to an aromatic ring is 1. The van der Waals surface area contributed by atoms with Gasteiger partial charge in [-0.15, -0.1) is 0 Å². The Morgan fingerprint density at radius 3 is 1.78 bits per heavy atom. The Kier molecular flexibility index (Phi) is 6.04. The average Bonchev–Trinajstić information content (AvgIpc) is 3.07. The van der Waals surface area contributed by atoms with E-state index in [1.165, 1.54) is 16.4 Å². The molecule has 0 aromatic heterocycles. The lowest BCUT2D eigenvalue weighted by Crippen LogP contribution is -2.26. The van der Waals surface area contributed by atoms with E-state index >= 15 is 0 Å². The van der Waals surface area contributed by atoms with E-state index in [2.05, 4.69) is 0 Å². The van der Waals surface area contributed by atoms with Gasteiger partial charge in [-0.2, -0.15) is 4.39 Å². The maximum atomic E-state index is 13.4. The van der Waals surface area contributed by atoms with Crippen LogP contribution in [0.15, 0.2) is 24.3 Å². The molecule has 0 bridgehead atoms. The minimum atomic E-state index is -3.51. The van der Waals surface area contributed by atoms with Crippen molar-refractivity contribution in [1.29, 1.82) is 0 Å². The standard InChI is InChI=1S/C9H9FN2O4S.C9H11FN2O2S/c1-2-11-8-4-7(10)9(12(13)14)3-6(8)5-17(11,15)16;1-2-12-9-4-7(10)8(11)3-6(9)5-15(12,13)14/h3-4H,2,5H2,1H3;3-4H,2,5,11H2,1H3. The number of nitro groups is 1. The van der Waals surface area contributed by atoms with Crippen molar-refractivity contribution in [2.75, 3.05) is 27.4 Å². The molecule has 14 heteroatoms. The molecule has 174 valence electrons. The fraction of sp³-hybridized carbons (Fsp3) is 0.333. The Labute approximate surface area is 183 Å². The molecule has 2 aromatic carbocycles. The summed E-state index contributed by atoms with van der Waals surface area (Å²) in [6, 6.07) is 4.45. The Morgan fingerprint density at radius 1 is 0.906 bits per heavy atom. The van der Waals surface area contributed by atoms with E-state index in [0.29, 0.717) is 17.8 Å². The summed E-state index contributed by atoms with van der Waals surface area (Å²) in [5.74, 6) is -2.02. The van der Waals surface area contributed by atoms with Crippen LogP contribution in [-0.2, 0) is 31.6 Å². The van der Waals surface area contributed by atoms with Crippen LogP contribution >= 0.6 is 0 Å². The average molecular weight is 491 g/mol. The van der Waals surface area contributed by atoms with Crippen LogP contribution < -0.4 is 14.3 Å². The lowest BCUT2D eigenvalue weighted by Gasteiger charge is -2.15. The summed E-state index contributed by atoms with van der Waals surface area (Å²) in [5.41, 5.74) is 6.10. The quantitative estimate of drug-likeness (QED) is 0.395. The first-order chi connectivity index (χ1) is 14.8. The summed E-state index contributed by atoms with van der Waals surface area (Å²) in [4.78, 5) is 9.67. The zero-order valence-corrected chi connectivity index (χ0v) is 18.7. The molecule has 2 aromatic rings. The Morgan fingerprint density at radius 2 is 1.34 bits per heavy atom. The van der Waals surface area contributed by atoms with E-state index in [0.717, 1.165) is 16.4 Å². The molecule has 0 aliphatic carbocycles. The minimum absolute atomic E-state index is 0.0121. The van der Waals surface area contributed by atoms with Crippen LogP contribution in [0.4, 0.5) is 31.5 Å². The molecule has 0 unspecified atom stereocenters. The number of anilines is 3. The number of hydrogen-bond acceptors (Lipinski definition) is 7. The van der Waals surface area contributed by atoms with Crippen molar-refractivity contribution in [1.82, 2.24) is 0 Å². The number of hydrogen-bond donors (Lipinski definition) is 1. The maximum absolute atomic E-state index is 13.4. The number of benzene rings is 2. The smallest absolute Gasteiger partial charge is 0.305 e. The molecule has 0 saturated carbocycles. The molecular weight excluding hydrogens is 470 g/mol. The van der Waals surface area contributed by atoms with Crippen molar-refractivity contribution in [3.63, 3.8) is 0 Å². The van der Waals surface area contributed by atoms with Crippen LogP contribution in [0, 0.1) is 21.7 Å². The Hall–Kier alpha value is -3.00. The van der Waals surface area contributed by atoms with E-state index in [-0.39, 0.29) is 35.0 Å². The summed E-state index contributed by atoms with van der Waals surface area (Å²) in [7, 11) is -6.83. The highest BCUT2D eigenvalue weighted by Gasteiger charge is 2.35. The van der Waals surface area contributed by atoms with Crippen LogP contribution in [-0.4, -0.2) is 34.8 Å². The highest BCUT2D eigenvalue weighted by atomic mass is 32.2. The normalized spacial score (nSPS) is 17.4. The van der Waals surface area contributed by atoms with Gasteiger partial charge in [-0.25, -0.2) is 21.2 Å². The molecule has 2 aliphatic heterocycles. The summed E-state index contributed by atoms with van der Waals surface area (Å²) < 4.78 is 75.5. The minimum Gasteiger partial charge on any atom is -0.396 e. The van der Waals surface area contributed by atoms with Gasteiger partial charge in [0.15, 0.2) is 0 Å². The molecule has 0 amide bonds. The van der Waals surface area contributed by atoms with Crippen molar-refractivity contribution in [3.8, 4) is 0 Å². The number of nitrogens with two attached hydrogens (primary N) is 1. The molecule has 32 heavy (non-hydrogen) atoms. The predicted octanol–water partition coefficient (Wildman–Crippen LogP) is 2.48. The van der Waals surface area contributed by atoms with Crippen LogP contribution in [0.5, 0.6) is 0 Å². The SMILES string of the molecule is CCN1c2cc(F)c(N)cc2CS1(=O)=O.CCN1c2cc(F)c([N+](=O)[O-])cc2CS1(=O)=O. The lowest BCUT2D eigenvalue weighted by atomic mass is 10.1. The van der Waals surface area contributed by atoms with E-state index in [4.69, 9.17) is 5.73 Å². The van der Waals surface area contributed by atoms with Gasteiger partial charge in [-0.05, 0) is 25.5 Å². The third kappa shape index (κ3) is 4.07. The van der Waals surface area contributed by atoms with E-state index in [1.807, 2.05) is 0 Å². The monoisotopic (exact) mass is 490 g/mol. The number of rotatable bonds is 3. The largest absolute Gasteiger partial charge is 0.396 e. The van der Waals surface area contributed by atoms with Crippen LogP contribution in [0.1, 0.15) is 25.0 Å². The van der Waals surface area contributed by atoms with E-state index < -0.39 is 42.3 Å². The topological polar surface area (TPSA) is 144 Å². The van der Waals surface area contributed by atoms with Crippen molar-refractivity contribution >= 4 is 42.8 Å². The summed E-state index contributed by atoms with van der Waals surface area (Å²) in [5, 5.41) is 10.5. The second-order valence-electron chi connectivity index (χ2n) is 7.03. The molecule has 10 nitrogen and oxygen atoms in total. The summed E-state index contributed by atoms with van der Waals surface area (Å²) >= 11 is 0. The van der Waals surface area contributed by atoms with Crippen molar-refractivity contribution in [2.45, 2.75) is 25.4 Å². The van der Waals surface area contributed by atoms with Gasteiger partial charge >= 0.3 is 5.69 Å². The fourth-order valence-electron chi connectivity index (χ4n) is 3.64. The zero-order valence-electron chi connectivity index (χ0n) is 17.1. The van der Waals surface area contributed by atoms with Crippen LogP contribution in [0.25, 0.3) is 0 Å². The molecule has 4 rings (SSSR count). The molecule has 0 saturated heterocycles. The lowest BCUT2D eigenvalue weighted by molar-refractivity contribution is -0.387. The van der Waals surface area contributed by atoms with Gasteiger partial charge < -0.3 is 5.73 Å². The van der Waals surface area contributed by atoms with Crippen molar-refractivity contribution in [3.05, 3.63) is 57.1 Å². The fourth-order valence-corrected chi connectivity index (χ4v) is 6.93. The molecular formula is C18H20F2N4O6S2. The molecule has 2 aliphatic rings. The highest BCUT2D eigenvalue weighted by molar-refractivity contribution is 7.92. The van der Waals surface area contributed by atoms with Crippen molar-refractivity contribution < 1.29 is 30.5 Å². The van der Waals surface area contributed by atoms with Gasteiger partial charge in [-0.1, -0.05) is 0 Å². The molecule has 2 heterocycles. The highest BCUT2D eigenvalue weighted by Crippen LogP contribution is 2.37. The molecule has 0 spiro atoms. The Bertz CT molecular complexity index is 1320. The third-order valence-corrected chi connectivity index (χ3v) is 8.61. The van der Waals surface area contributed by atoms with Crippen LogP contribution in [0.2, 0.25) is 0 Å². The molecule has 2 N–H and O–H groups in total. The van der Waals surface area contributed by atoms with Gasteiger partial charge in [0, 0.05) is 36.9 Å². The first-order valence-corrected chi connectivity index (χ1v) is 12.6. The molecule has 0 radical (unpaired) electrons. The maximum Gasteiger partial charge on any atom is 0.305 e.